The van der Waals surface area contributed by atoms with Crippen LogP contribution in [0.2, 0.25) is 0 Å². The summed E-state index contributed by atoms with van der Waals surface area (Å²) in [5.74, 6) is 0.0843. The molecule has 2 fully saturated rings. The molecular weight excluding hydrogens is 406 g/mol. The van der Waals surface area contributed by atoms with Crippen molar-refractivity contribution >= 4 is 27.1 Å². The minimum absolute atomic E-state index is 0.0843. The van der Waals surface area contributed by atoms with Crippen LogP contribution < -0.4 is 0 Å². The summed E-state index contributed by atoms with van der Waals surface area (Å²) in [7, 11) is -3.30. The number of carbonyl (C=O) groups excluding carboxylic acids is 1. The first kappa shape index (κ1) is 20.5. The molecule has 1 aromatic carbocycles. The van der Waals surface area contributed by atoms with Crippen molar-refractivity contribution < 1.29 is 13.2 Å². The first-order valence-corrected chi connectivity index (χ1v) is 12.9. The maximum atomic E-state index is 13.1. The Morgan fingerprint density at radius 2 is 1.90 bits per heavy atom. The number of aromatic nitrogens is 1. The molecule has 1 amide bonds. The highest BCUT2D eigenvalue weighted by Crippen LogP contribution is 2.27. The number of thiazole rings is 1. The van der Waals surface area contributed by atoms with Gasteiger partial charge in [-0.1, -0.05) is 12.1 Å². The quantitative estimate of drug-likeness (QED) is 0.724. The summed E-state index contributed by atoms with van der Waals surface area (Å²) in [4.78, 5) is 21.9. The van der Waals surface area contributed by atoms with Crippen LogP contribution in [0, 0.1) is 0 Å². The van der Waals surface area contributed by atoms with Gasteiger partial charge >= 0.3 is 0 Å². The van der Waals surface area contributed by atoms with E-state index < -0.39 is 9.84 Å². The molecule has 0 aliphatic carbocycles. The molecule has 0 saturated carbocycles. The summed E-state index contributed by atoms with van der Waals surface area (Å²) in [6.45, 7) is 5.20. The molecule has 0 bridgehead atoms. The predicted octanol–water partition coefficient (Wildman–Crippen LogP) is 3.30. The van der Waals surface area contributed by atoms with Crippen LogP contribution in [0.25, 0.3) is 11.3 Å². The molecule has 156 valence electrons. The van der Waals surface area contributed by atoms with Crippen LogP contribution in [-0.2, 0) is 9.84 Å². The molecular formula is C21H27N3O3S2. The van der Waals surface area contributed by atoms with Crippen LogP contribution in [-0.4, -0.2) is 67.1 Å². The van der Waals surface area contributed by atoms with Crippen molar-refractivity contribution in [3.8, 4) is 11.3 Å². The fraction of sp³-hybridized carbons (Fsp3) is 0.524. The molecule has 6 nitrogen and oxygen atoms in total. The third kappa shape index (κ3) is 4.39. The highest BCUT2D eigenvalue weighted by atomic mass is 32.2. The Bertz CT molecular complexity index is 985. The number of likely N-dealkylation sites (tertiary alicyclic amines) is 2. The van der Waals surface area contributed by atoms with Crippen LogP contribution in [0.5, 0.6) is 0 Å². The van der Waals surface area contributed by atoms with Gasteiger partial charge in [0.05, 0.1) is 5.69 Å². The molecule has 2 aromatic rings. The number of nitrogens with zero attached hydrogens (tertiary/aromatic N) is 3. The first-order valence-electron chi connectivity index (χ1n) is 10.1. The van der Waals surface area contributed by atoms with Crippen molar-refractivity contribution in [1.29, 1.82) is 0 Å². The van der Waals surface area contributed by atoms with Gasteiger partial charge in [-0.2, -0.15) is 0 Å². The molecule has 8 heteroatoms. The predicted molar refractivity (Wildman–Crippen MR) is 115 cm³/mol. The molecule has 1 aromatic heterocycles. The largest absolute Gasteiger partial charge is 0.334 e. The lowest BCUT2D eigenvalue weighted by Gasteiger charge is -2.30. The first-order chi connectivity index (χ1) is 13.8. The molecule has 29 heavy (non-hydrogen) atoms. The summed E-state index contributed by atoms with van der Waals surface area (Å²) in [5.41, 5.74) is 2.11. The van der Waals surface area contributed by atoms with Crippen molar-refractivity contribution in [3.63, 3.8) is 0 Å². The van der Waals surface area contributed by atoms with Gasteiger partial charge < -0.3 is 4.90 Å². The van der Waals surface area contributed by atoms with E-state index in [9.17, 15) is 13.2 Å². The highest BCUT2D eigenvalue weighted by molar-refractivity contribution is 7.92. The lowest BCUT2D eigenvalue weighted by molar-refractivity contribution is 0.0696. The van der Waals surface area contributed by atoms with Crippen LogP contribution in [0.1, 0.15) is 43.0 Å². The second-order valence-electron chi connectivity index (χ2n) is 8.13. The summed E-state index contributed by atoms with van der Waals surface area (Å²) < 4.78 is 23.4. The second kappa shape index (κ2) is 8.16. The van der Waals surface area contributed by atoms with Gasteiger partial charge in [0.1, 0.15) is 0 Å². The average Bonchev–Trinajstić information content (AvgIpc) is 3.43. The Morgan fingerprint density at radius 1 is 1.17 bits per heavy atom. The molecule has 0 N–H and O–H groups in total. The highest BCUT2D eigenvalue weighted by Gasteiger charge is 2.33. The van der Waals surface area contributed by atoms with E-state index in [1.54, 1.807) is 5.38 Å². The van der Waals surface area contributed by atoms with Crippen molar-refractivity contribution in [2.75, 3.05) is 25.9 Å². The third-order valence-electron chi connectivity index (χ3n) is 6.00. The fourth-order valence-electron chi connectivity index (χ4n) is 4.34. The van der Waals surface area contributed by atoms with Gasteiger partial charge in [-0.05, 0) is 51.3 Å². The zero-order valence-electron chi connectivity index (χ0n) is 16.9. The topological polar surface area (TPSA) is 70.6 Å². The minimum atomic E-state index is -3.30. The minimum Gasteiger partial charge on any atom is -0.334 e. The Morgan fingerprint density at radius 3 is 2.52 bits per heavy atom. The lowest BCUT2D eigenvalue weighted by Crippen LogP contribution is -2.44. The van der Waals surface area contributed by atoms with E-state index in [2.05, 4.69) is 16.8 Å². The van der Waals surface area contributed by atoms with E-state index in [0.29, 0.717) is 23.3 Å². The van der Waals surface area contributed by atoms with E-state index in [1.807, 2.05) is 29.2 Å². The summed E-state index contributed by atoms with van der Waals surface area (Å²) in [5, 5.41) is 1.74. The molecule has 3 heterocycles. The molecule has 0 radical (unpaired) electrons. The van der Waals surface area contributed by atoms with Gasteiger partial charge in [0.15, 0.2) is 0 Å². The number of carbonyl (C=O) groups is 1. The van der Waals surface area contributed by atoms with Crippen LogP contribution in [0.4, 0.5) is 0 Å². The Balaban J connectivity index is 1.47. The number of rotatable bonds is 5. The smallest absolute Gasteiger partial charge is 0.254 e. The summed E-state index contributed by atoms with van der Waals surface area (Å²) in [6.07, 6.45) is 5.79. The van der Waals surface area contributed by atoms with E-state index in [4.69, 9.17) is 0 Å². The Hall–Kier alpha value is -1.77. The van der Waals surface area contributed by atoms with Crippen LogP contribution in [0.3, 0.4) is 0 Å². The molecule has 0 spiro atoms. The maximum absolute atomic E-state index is 13.1. The molecule has 2 aliphatic rings. The van der Waals surface area contributed by atoms with Gasteiger partial charge in [0, 0.05) is 47.9 Å². The third-order valence-corrected chi connectivity index (χ3v) is 8.56. The molecule has 2 aliphatic heterocycles. The Kier molecular flexibility index (Phi) is 5.77. The molecule has 2 atom stereocenters. The molecule has 4 rings (SSSR count). The fourth-order valence-corrected chi connectivity index (χ4v) is 6.00. The standard InChI is InChI=1S/C21H27N3O3S2/c1-15-5-3-11-23(15)13-18-6-4-12-24(18)20(25)17-9-7-16(8-10-17)19-14-28-21(22-19)29(2,26)27/h7-10,14-15,18H,3-6,11-13H2,1-2H3. The van der Waals surface area contributed by atoms with Crippen molar-refractivity contribution in [1.82, 2.24) is 14.8 Å². The van der Waals surface area contributed by atoms with Crippen LogP contribution >= 0.6 is 11.3 Å². The van der Waals surface area contributed by atoms with Gasteiger partial charge in [-0.3, -0.25) is 9.69 Å². The zero-order valence-corrected chi connectivity index (χ0v) is 18.5. The molecule has 2 saturated heterocycles. The Labute approximate surface area is 176 Å². The van der Waals surface area contributed by atoms with Crippen molar-refractivity contribution in [2.45, 2.75) is 49.0 Å². The average molecular weight is 434 g/mol. The zero-order chi connectivity index (χ0) is 20.6. The van der Waals surface area contributed by atoms with Crippen molar-refractivity contribution in [3.05, 3.63) is 35.2 Å². The van der Waals surface area contributed by atoms with Crippen LogP contribution in [0.15, 0.2) is 34.0 Å². The lowest BCUT2D eigenvalue weighted by atomic mass is 10.1. The monoisotopic (exact) mass is 433 g/mol. The normalized spacial score (nSPS) is 23.0. The number of hydrogen-bond acceptors (Lipinski definition) is 6. The van der Waals surface area contributed by atoms with Gasteiger partial charge in [-0.15, -0.1) is 11.3 Å². The number of benzene rings is 1. The van der Waals surface area contributed by atoms with Gasteiger partial charge in [0.2, 0.25) is 14.2 Å². The SMILES string of the molecule is CC1CCCN1CC1CCCN1C(=O)c1ccc(-c2csc(S(C)(=O)=O)n2)cc1. The second-order valence-corrected chi connectivity index (χ2v) is 11.2. The summed E-state index contributed by atoms with van der Waals surface area (Å²) >= 11 is 1.12. The van der Waals surface area contributed by atoms with Gasteiger partial charge in [-0.25, -0.2) is 13.4 Å². The van der Waals surface area contributed by atoms with E-state index in [1.165, 1.54) is 12.8 Å². The van der Waals surface area contributed by atoms with Gasteiger partial charge in [0.25, 0.3) is 5.91 Å². The maximum Gasteiger partial charge on any atom is 0.254 e. The molecule has 2 unspecified atom stereocenters. The summed E-state index contributed by atoms with van der Waals surface area (Å²) in [6, 6.07) is 8.25. The van der Waals surface area contributed by atoms with E-state index in [-0.39, 0.29) is 10.2 Å². The van der Waals surface area contributed by atoms with E-state index in [0.717, 1.165) is 55.6 Å². The number of amides is 1. The number of hydrogen-bond donors (Lipinski definition) is 0. The van der Waals surface area contributed by atoms with Crippen molar-refractivity contribution in [2.24, 2.45) is 0 Å². The number of sulfone groups is 1. The van der Waals surface area contributed by atoms with E-state index >= 15 is 0 Å².